The third kappa shape index (κ3) is 6.33. The molecule has 0 unspecified atom stereocenters. The molecule has 1 aliphatic rings. The highest BCUT2D eigenvalue weighted by atomic mass is 32.2. The average molecular weight is 495 g/mol. The van der Waals surface area contributed by atoms with Crippen LogP contribution in [0, 0.1) is 6.92 Å². The van der Waals surface area contributed by atoms with E-state index in [2.05, 4.69) is 16.6 Å². The van der Waals surface area contributed by atoms with E-state index in [1.807, 2.05) is 0 Å². The molecule has 182 valence electrons. The molecule has 1 fully saturated rings. The first-order chi connectivity index (χ1) is 15.0. The van der Waals surface area contributed by atoms with Crippen LogP contribution in [0.15, 0.2) is 45.8 Å². The zero-order chi connectivity index (χ0) is 25.4. The Bertz CT molecular complexity index is 1140. The van der Waals surface area contributed by atoms with Gasteiger partial charge in [0.25, 0.3) is 0 Å². The van der Waals surface area contributed by atoms with Crippen molar-refractivity contribution in [3.05, 3.63) is 57.8 Å². The van der Waals surface area contributed by atoms with Crippen molar-refractivity contribution in [1.29, 1.82) is 0 Å². The van der Waals surface area contributed by atoms with Gasteiger partial charge in [-0.2, -0.15) is 26.3 Å². The van der Waals surface area contributed by atoms with Crippen molar-refractivity contribution in [2.24, 2.45) is 4.99 Å². The summed E-state index contributed by atoms with van der Waals surface area (Å²) in [5.41, 5.74) is -2.24. The van der Waals surface area contributed by atoms with Crippen LogP contribution in [0.3, 0.4) is 0 Å². The summed E-state index contributed by atoms with van der Waals surface area (Å²) in [5, 5.41) is 0. The Kier molecular flexibility index (Phi) is 7.67. The molecule has 0 aliphatic heterocycles. The van der Waals surface area contributed by atoms with E-state index in [1.54, 1.807) is 6.92 Å². The number of rotatable bonds is 7. The molecule has 4 nitrogen and oxygen atoms in total. The zero-order valence-corrected chi connectivity index (χ0v) is 19.3. The van der Waals surface area contributed by atoms with E-state index in [4.69, 9.17) is 0 Å². The predicted octanol–water partition coefficient (Wildman–Crippen LogP) is 6.76. The smallest absolute Gasteiger partial charge is 0.253 e. The van der Waals surface area contributed by atoms with Gasteiger partial charge in [-0.15, -0.1) is 0 Å². The predicted molar refractivity (Wildman–Crippen MR) is 115 cm³/mol. The number of pyridine rings is 1. The molecule has 11 heteroatoms. The lowest BCUT2D eigenvalue weighted by molar-refractivity contribution is -0.141. The van der Waals surface area contributed by atoms with Crippen LogP contribution in [0.25, 0.3) is 0 Å². The fourth-order valence-electron chi connectivity index (χ4n) is 3.05. The quantitative estimate of drug-likeness (QED) is 0.239. The molecule has 1 aromatic rings. The van der Waals surface area contributed by atoms with Crippen molar-refractivity contribution in [1.82, 2.24) is 4.98 Å². The van der Waals surface area contributed by atoms with Crippen LogP contribution in [0.2, 0.25) is 0 Å². The van der Waals surface area contributed by atoms with Gasteiger partial charge in [-0.1, -0.05) is 19.6 Å². The van der Waals surface area contributed by atoms with E-state index in [0.29, 0.717) is 24.5 Å². The van der Waals surface area contributed by atoms with Gasteiger partial charge in [-0.3, -0.25) is 4.99 Å². The van der Waals surface area contributed by atoms with Gasteiger partial charge in [0.05, 0.1) is 21.9 Å². The minimum atomic E-state index is -4.81. The highest BCUT2D eigenvalue weighted by Gasteiger charge is 2.37. The van der Waals surface area contributed by atoms with Crippen LogP contribution < -0.4 is 0 Å². The summed E-state index contributed by atoms with van der Waals surface area (Å²) in [7, 11) is -4.17. The molecule has 0 radical (unpaired) electrons. The summed E-state index contributed by atoms with van der Waals surface area (Å²) in [6.07, 6.45) is -6.97. The van der Waals surface area contributed by atoms with E-state index in [-0.39, 0.29) is 28.6 Å². The van der Waals surface area contributed by atoms with Gasteiger partial charge in [0.1, 0.15) is 5.69 Å². The van der Waals surface area contributed by atoms with Crippen molar-refractivity contribution in [3.63, 3.8) is 0 Å². The molecule has 1 aromatic heterocycles. The number of allylic oxidation sites excluding steroid dienone is 4. The van der Waals surface area contributed by atoms with Gasteiger partial charge in [-0.05, 0) is 51.3 Å². The summed E-state index contributed by atoms with van der Waals surface area (Å²) < 4.78 is 105. The van der Waals surface area contributed by atoms with Crippen molar-refractivity contribution in [3.8, 4) is 0 Å². The van der Waals surface area contributed by atoms with Gasteiger partial charge in [0.2, 0.25) is 0 Å². The van der Waals surface area contributed by atoms with Crippen LogP contribution >= 0.6 is 0 Å². The summed E-state index contributed by atoms with van der Waals surface area (Å²) in [6.45, 7) is 8.80. The minimum absolute atomic E-state index is 0.0896. The Morgan fingerprint density at radius 2 is 1.82 bits per heavy atom. The monoisotopic (exact) mass is 494 g/mol. The van der Waals surface area contributed by atoms with Gasteiger partial charge in [0, 0.05) is 22.9 Å². The summed E-state index contributed by atoms with van der Waals surface area (Å²) in [4.78, 5) is 7.17. The van der Waals surface area contributed by atoms with Crippen LogP contribution in [-0.2, 0) is 16.0 Å². The number of hydrogen-bond donors (Lipinski definition) is 0. The maximum atomic E-state index is 13.4. The molecule has 2 rings (SSSR count). The first-order valence-corrected chi connectivity index (χ1v) is 11.7. The van der Waals surface area contributed by atoms with Gasteiger partial charge in [-0.25, -0.2) is 13.4 Å². The summed E-state index contributed by atoms with van der Waals surface area (Å²) in [5.74, 6) is -0.622. The lowest BCUT2D eigenvalue weighted by Crippen LogP contribution is -2.16. The number of hydrogen-bond acceptors (Lipinski definition) is 4. The summed E-state index contributed by atoms with van der Waals surface area (Å²) in [6, 6.07) is 0.739. The second-order valence-corrected chi connectivity index (χ2v) is 9.89. The van der Waals surface area contributed by atoms with E-state index in [1.165, 1.54) is 13.8 Å². The summed E-state index contributed by atoms with van der Waals surface area (Å²) >= 11 is 0. The maximum Gasteiger partial charge on any atom is 0.433 e. The Morgan fingerprint density at radius 1 is 1.24 bits per heavy atom. The Balaban J connectivity index is 2.65. The molecule has 33 heavy (non-hydrogen) atoms. The molecular formula is C22H24F6N2O2S. The molecule has 0 bridgehead atoms. The van der Waals surface area contributed by atoms with Crippen molar-refractivity contribution < 1.29 is 34.8 Å². The fraction of sp³-hybridized carbons (Fsp3) is 0.455. The van der Waals surface area contributed by atoms with E-state index in [9.17, 15) is 34.8 Å². The van der Waals surface area contributed by atoms with E-state index < -0.39 is 44.1 Å². The van der Waals surface area contributed by atoms with Crippen molar-refractivity contribution in [2.75, 3.05) is 5.75 Å². The Morgan fingerprint density at radius 3 is 2.24 bits per heavy atom. The highest BCUT2D eigenvalue weighted by molar-refractivity contribution is 7.95. The molecule has 1 heterocycles. The lowest BCUT2D eigenvalue weighted by atomic mass is 10.1. The molecule has 0 aromatic carbocycles. The van der Waals surface area contributed by atoms with Crippen molar-refractivity contribution >= 4 is 21.2 Å². The third-order valence-electron chi connectivity index (χ3n) is 5.20. The highest BCUT2D eigenvalue weighted by Crippen LogP contribution is 2.44. The maximum absolute atomic E-state index is 13.4. The molecular weight excluding hydrogens is 470 g/mol. The second kappa shape index (κ2) is 9.44. The third-order valence-corrected chi connectivity index (χ3v) is 6.99. The Labute approximate surface area is 188 Å². The number of aromatic nitrogens is 1. The molecule has 0 saturated heterocycles. The first-order valence-electron chi connectivity index (χ1n) is 10.0. The van der Waals surface area contributed by atoms with Crippen LogP contribution in [0.1, 0.15) is 56.5 Å². The number of alkyl halides is 6. The number of nitrogens with zero attached hydrogens (tertiary/aromatic N) is 2. The lowest BCUT2D eigenvalue weighted by Gasteiger charge is -2.16. The molecule has 0 atom stereocenters. The second-order valence-electron chi connectivity index (χ2n) is 7.64. The van der Waals surface area contributed by atoms with Gasteiger partial charge < -0.3 is 0 Å². The normalized spacial score (nSPS) is 16.8. The van der Waals surface area contributed by atoms with Crippen LogP contribution in [0.4, 0.5) is 32.0 Å². The van der Waals surface area contributed by atoms with Gasteiger partial charge in [0.15, 0.2) is 9.84 Å². The largest absolute Gasteiger partial charge is 0.433 e. The molecule has 1 aliphatic carbocycles. The number of halogens is 6. The van der Waals surface area contributed by atoms with E-state index in [0.717, 1.165) is 19.1 Å². The molecule has 0 spiro atoms. The zero-order valence-electron chi connectivity index (χ0n) is 18.5. The van der Waals surface area contributed by atoms with Crippen LogP contribution in [0.5, 0.6) is 0 Å². The van der Waals surface area contributed by atoms with Crippen LogP contribution in [-0.4, -0.2) is 31.0 Å². The SMILES string of the molecule is C=C(C(C)=Nc1cc(C(F)(F)F)nc(C2CC2)c1C)/C(=C\C(=C/C)C(F)(F)F)S(=O)(=O)CC. The number of sulfone groups is 1. The van der Waals surface area contributed by atoms with E-state index >= 15 is 0 Å². The molecule has 1 saturated carbocycles. The topological polar surface area (TPSA) is 59.4 Å². The molecule has 0 amide bonds. The minimum Gasteiger partial charge on any atom is -0.253 e. The number of aliphatic imine (C=N–C) groups is 1. The molecule has 0 N–H and O–H groups in total. The first kappa shape index (κ1) is 26.8. The van der Waals surface area contributed by atoms with Gasteiger partial charge >= 0.3 is 12.4 Å². The standard InChI is InChI=1S/C22H24F6N2O2S/c1-6-16(21(23,24)25)10-18(33(31,32)7-2)12(3)14(5)29-17-11-19(22(26,27)28)30-20(13(17)4)15-8-9-15/h6,10-11,15H,3,7-9H2,1-2,4-5H3/b16-6+,18-10+,29-14?. The average Bonchev–Trinajstić information content (AvgIpc) is 3.52. The fourth-order valence-corrected chi connectivity index (χ4v) is 4.19. The Hall–Kier alpha value is -2.43. The van der Waals surface area contributed by atoms with Crippen molar-refractivity contribution in [2.45, 2.75) is 58.8 Å².